The second-order valence-electron chi connectivity index (χ2n) is 6.90. The Kier molecular flexibility index (Phi) is 6.61. The van der Waals surface area contributed by atoms with Crippen LogP contribution in [0.5, 0.6) is 5.75 Å². The van der Waals surface area contributed by atoms with Gasteiger partial charge in [0.2, 0.25) is 0 Å². The summed E-state index contributed by atoms with van der Waals surface area (Å²) in [5.74, 6) is -0.475. The lowest BCUT2D eigenvalue weighted by Gasteiger charge is -2.10. The molecule has 0 atom stereocenters. The van der Waals surface area contributed by atoms with Crippen molar-refractivity contribution in [2.24, 2.45) is 0 Å². The second kappa shape index (κ2) is 9.37. The van der Waals surface area contributed by atoms with Crippen molar-refractivity contribution in [2.75, 3.05) is 12.4 Å². The van der Waals surface area contributed by atoms with Crippen LogP contribution in [0.4, 0.5) is 11.4 Å². The average Bonchev–Trinajstić information content (AvgIpc) is 3.05. The minimum atomic E-state index is -0.753. The molecule has 0 radical (unpaired) electrons. The zero-order valence-electron chi connectivity index (χ0n) is 17.5. The molecule has 0 aliphatic rings. The molecule has 1 amide bonds. The molecule has 162 valence electrons. The summed E-state index contributed by atoms with van der Waals surface area (Å²) in [4.78, 5) is 23.4. The maximum Gasteiger partial charge on any atom is 0.296 e. The third-order valence-corrected chi connectivity index (χ3v) is 5.12. The lowest BCUT2D eigenvalue weighted by Crippen LogP contribution is -2.14. The van der Waals surface area contributed by atoms with Gasteiger partial charge in [0, 0.05) is 22.1 Å². The average molecular weight is 451 g/mol. The quantitative estimate of drug-likeness (QED) is 0.240. The number of hydrogen-bond acceptors (Lipinski definition) is 5. The van der Waals surface area contributed by atoms with Crippen molar-refractivity contribution >= 4 is 35.0 Å². The largest absolute Gasteiger partial charge is 0.496 e. The monoisotopic (exact) mass is 450 g/mol. The summed E-state index contributed by atoms with van der Waals surface area (Å²) in [6.07, 6.45) is 1.46. The molecule has 2 aromatic carbocycles. The van der Waals surface area contributed by atoms with E-state index in [4.69, 9.17) is 16.3 Å². The Morgan fingerprint density at radius 2 is 1.91 bits per heavy atom. The predicted octanol–water partition coefficient (Wildman–Crippen LogP) is 5.21. The highest BCUT2D eigenvalue weighted by Crippen LogP contribution is 2.30. The van der Waals surface area contributed by atoms with Crippen LogP contribution in [0.3, 0.4) is 0 Å². The molecule has 0 bridgehead atoms. The number of nitrogens with zero attached hydrogens (tertiary/aromatic N) is 3. The van der Waals surface area contributed by atoms with E-state index >= 15 is 0 Å². The smallest absolute Gasteiger partial charge is 0.296 e. The highest BCUT2D eigenvalue weighted by molar-refractivity contribution is 6.30. The van der Waals surface area contributed by atoms with Gasteiger partial charge in [-0.25, -0.2) is 0 Å². The van der Waals surface area contributed by atoms with Crippen LogP contribution in [-0.2, 0) is 4.79 Å². The molecule has 1 heterocycles. The van der Waals surface area contributed by atoms with E-state index < -0.39 is 10.8 Å². The number of amides is 1. The molecule has 1 aromatic heterocycles. The first-order valence-corrected chi connectivity index (χ1v) is 9.83. The van der Waals surface area contributed by atoms with Gasteiger partial charge in [0.1, 0.15) is 23.1 Å². The molecule has 3 rings (SSSR count). The summed E-state index contributed by atoms with van der Waals surface area (Å²) >= 11 is 5.97. The number of methoxy groups -OCH3 is 1. The van der Waals surface area contributed by atoms with Crippen molar-refractivity contribution in [1.82, 2.24) is 4.57 Å². The molecular weight excluding hydrogens is 432 g/mol. The molecule has 0 unspecified atom stereocenters. The standard InChI is InChI=1S/C23H19ClN4O4/c1-14-10-16(15(2)27(14)19-6-4-18(24)5-7-19)11-17(13-25)23(29)26-21-9-8-20(32-3)12-22(21)28(30)31/h4-12H,1-3H3,(H,26,29)/b17-11+. The van der Waals surface area contributed by atoms with Crippen LogP contribution < -0.4 is 10.1 Å². The van der Waals surface area contributed by atoms with Crippen LogP contribution >= 0.6 is 11.6 Å². The Bertz CT molecular complexity index is 1270. The molecule has 0 aliphatic heterocycles. The van der Waals surface area contributed by atoms with Crippen LogP contribution in [-0.4, -0.2) is 22.5 Å². The number of aryl methyl sites for hydroxylation is 1. The maximum absolute atomic E-state index is 12.7. The van der Waals surface area contributed by atoms with E-state index in [0.29, 0.717) is 10.6 Å². The van der Waals surface area contributed by atoms with Crippen LogP contribution in [0.1, 0.15) is 17.0 Å². The van der Waals surface area contributed by atoms with Gasteiger partial charge >= 0.3 is 0 Å². The van der Waals surface area contributed by atoms with E-state index in [1.54, 1.807) is 12.1 Å². The summed E-state index contributed by atoms with van der Waals surface area (Å²) in [5, 5.41) is 24.0. The number of nitro benzene ring substituents is 1. The van der Waals surface area contributed by atoms with Crippen molar-refractivity contribution in [1.29, 1.82) is 5.26 Å². The first-order chi connectivity index (χ1) is 15.2. The molecule has 0 saturated carbocycles. The fraction of sp³-hybridized carbons (Fsp3) is 0.130. The highest BCUT2D eigenvalue weighted by Gasteiger charge is 2.20. The zero-order valence-corrected chi connectivity index (χ0v) is 18.3. The van der Waals surface area contributed by atoms with E-state index in [2.05, 4.69) is 5.32 Å². The number of hydrogen-bond donors (Lipinski definition) is 1. The number of halogens is 1. The van der Waals surface area contributed by atoms with Gasteiger partial charge in [-0.1, -0.05) is 11.6 Å². The first-order valence-electron chi connectivity index (χ1n) is 9.45. The molecule has 1 N–H and O–H groups in total. The fourth-order valence-corrected chi connectivity index (χ4v) is 3.44. The molecule has 0 spiro atoms. The third kappa shape index (κ3) is 4.63. The van der Waals surface area contributed by atoms with Gasteiger partial charge in [-0.2, -0.15) is 5.26 Å². The van der Waals surface area contributed by atoms with Gasteiger partial charge in [0.25, 0.3) is 11.6 Å². The van der Waals surface area contributed by atoms with Crippen molar-refractivity contribution in [3.63, 3.8) is 0 Å². The number of anilines is 1. The minimum Gasteiger partial charge on any atom is -0.496 e. The normalized spacial score (nSPS) is 11.0. The van der Waals surface area contributed by atoms with Crippen LogP contribution in [0.25, 0.3) is 11.8 Å². The Labute approximate surface area is 189 Å². The summed E-state index contributed by atoms with van der Waals surface area (Å²) < 4.78 is 6.97. The third-order valence-electron chi connectivity index (χ3n) is 4.87. The fourth-order valence-electron chi connectivity index (χ4n) is 3.31. The number of nitro groups is 1. The first kappa shape index (κ1) is 22.6. The molecule has 32 heavy (non-hydrogen) atoms. The second-order valence-corrected chi connectivity index (χ2v) is 7.34. The van der Waals surface area contributed by atoms with Gasteiger partial charge < -0.3 is 14.6 Å². The van der Waals surface area contributed by atoms with Gasteiger partial charge in [-0.05, 0) is 68.0 Å². The van der Waals surface area contributed by atoms with Gasteiger partial charge in [0.15, 0.2) is 0 Å². The van der Waals surface area contributed by atoms with Crippen molar-refractivity contribution in [3.05, 3.63) is 86.2 Å². The highest BCUT2D eigenvalue weighted by atomic mass is 35.5. The topological polar surface area (TPSA) is 110 Å². The number of nitriles is 1. The number of rotatable bonds is 6. The zero-order chi connectivity index (χ0) is 23.4. The molecule has 3 aromatic rings. The molecule has 0 saturated heterocycles. The predicted molar refractivity (Wildman–Crippen MR) is 122 cm³/mol. The summed E-state index contributed by atoms with van der Waals surface area (Å²) in [6.45, 7) is 3.78. The van der Waals surface area contributed by atoms with Crippen molar-refractivity contribution in [2.45, 2.75) is 13.8 Å². The molecular formula is C23H19ClN4O4. The van der Waals surface area contributed by atoms with Crippen LogP contribution in [0.2, 0.25) is 5.02 Å². The Balaban J connectivity index is 1.94. The SMILES string of the molecule is COc1ccc(NC(=O)/C(C#N)=C/c2cc(C)n(-c3ccc(Cl)cc3)c2C)c([N+](=O)[O-])c1. The summed E-state index contributed by atoms with van der Waals surface area (Å²) in [7, 11) is 1.38. The number of ether oxygens (including phenoxy) is 1. The number of carbonyl (C=O) groups excluding carboxylic acids is 1. The Hall–Kier alpha value is -4.09. The number of aromatic nitrogens is 1. The number of benzene rings is 2. The Morgan fingerprint density at radius 3 is 2.50 bits per heavy atom. The van der Waals surface area contributed by atoms with E-state index in [1.165, 1.54) is 31.4 Å². The molecule has 9 heteroatoms. The van der Waals surface area contributed by atoms with Crippen LogP contribution in [0.15, 0.2) is 54.1 Å². The summed E-state index contributed by atoms with van der Waals surface area (Å²) in [5.41, 5.74) is 2.73. The van der Waals surface area contributed by atoms with Crippen molar-refractivity contribution in [3.8, 4) is 17.5 Å². The Morgan fingerprint density at radius 1 is 1.22 bits per heavy atom. The minimum absolute atomic E-state index is 0.0337. The van der Waals surface area contributed by atoms with Gasteiger partial charge in [-0.3, -0.25) is 14.9 Å². The van der Waals surface area contributed by atoms with E-state index in [-0.39, 0.29) is 22.7 Å². The van der Waals surface area contributed by atoms with Gasteiger partial charge in [-0.15, -0.1) is 0 Å². The molecule has 0 aliphatic carbocycles. The van der Waals surface area contributed by atoms with E-state index in [0.717, 1.165) is 17.1 Å². The number of nitrogens with one attached hydrogen (secondary N) is 1. The van der Waals surface area contributed by atoms with Crippen LogP contribution in [0, 0.1) is 35.3 Å². The lowest BCUT2D eigenvalue weighted by molar-refractivity contribution is -0.384. The molecule has 8 nitrogen and oxygen atoms in total. The lowest BCUT2D eigenvalue weighted by atomic mass is 10.1. The molecule has 0 fully saturated rings. The van der Waals surface area contributed by atoms with Crippen molar-refractivity contribution < 1.29 is 14.5 Å². The van der Waals surface area contributed by atoms with Gasteiger partial charge in [0.05, 0.1) is 18.1 Å². The number of carbonyl (C=O) groups is 1. The van der Waals surface area contributed by atoms with E-state index in [9.17, 15) is 20.2 Å². The summed E-state index contributed by atoms with van der Waals surface area (Å²) in [6, 6.07) is 15.1. The maximum atomic E-state index is 12.7. The van der Waals surface area contributed by atoms with E-state index in [1.807, 2.05) is 42.7 Å².